The van der Waals surface area contributed by atoms with E-state index in [0.717, 1.165) is 6.42 Å². The molecule has 29 heavy (non-hydrogen) atoms. The number of halogens is 2. The van der Waals surface area contributed by atoms with Crippen LogP contribution >= 0.6 is 0 Å². The van der Waals surface area contributed by atoms with E-state index in [1.807, 2.05) is 12.2 Å². The van der Waals surface area contributed by atoms with Crippen LogP contribution in [-0.2, 0) is 20.0 Å². The van der Waals surface area contributed by atoms with Crippen LogP contribution in [0.2, 0.25) is 0 Å². The van der Waals surface area contributed by atoms with Crippen molar-refractivity contribution in [2.45, 2.75) is 52.4 Å². The van der Waals surface area contributed by atoms with E-state index in [9.17, 15) is 0 Å². The van der Waals surface area contributed by atoms with Crippen molar-refractivity contribution in [3.8, 4) is 0 Å². The van der Waals surface area contributed by atoms with Gasteiger partial charge < -0.3 is 24.8 Å². The zero-order chi connectivity index (χ0) is 19.1. The summed E-state index contributed by atoms with van der Waals surface area (Å²) >= 11 is 2.28. The summed E-state index contributed by atoms with van der Waals surface area (Å²) in [4.78, 5) is 0. The first-order valence-electron chi connectivity index (χ1n) is 9.98. The molecule has 0 saturated heterocycles. The second-order valence-electron chi connectivity index (χ2n) is 7.49. The standard InChI is InChI=1S/C15H13.C6H10.C5H5.2ClH.Ti/c1-10-3-5-14-12(7-10)9-13-8-11(2)4-6-15(13)14;1-2-4-6-5-3-1;1-2-4-5-3-1;;;/h3-9H,1-2H3;1-5H2;1-3H,4H2;2*1H;/q-1;;-1;;;+2/p-2. The predicted octanol–water partition coefficient (Wildman–Crippen LogP) is 1.31. The van der Waals surface area contributed by atoms with Gasteiger partial charge in [-0.2, -0.15) is 6.08 Å². The third-order valence-electron chi connectivity index (χ3n) is 5.06. The zero-order valence-corrected chi connectivity index (χ0v) is 20.3. The molecule has 2 aliphatic rings. The number of rotatable bonds is 0. The molecule has 0 amide bonds. The Hall–Kier alpha value is -1.05. The minimum absolute atomic E-state index is 0. The van der Waals surface area contributed by atoms with Gasteiger partial charge in [-0.1, -0.05) is 35.4 Å². The van der Waals surface area contributed by atoms with E-state index in [2.05, 4.69) is 88.4 Å². The molecular formula is C26H28Cl2Ti-2. The Morgan fingerprint density at radius 3 is 1.72 bits per heavy atom. The summed E-state index contributed by atoms with van der Waals surface area (Å²) in [7, 11) is 0. The van der Waals surface area contributed by atoms with Gasteiger partial charge in [0, 0.05) is 0 Å². The molecule has 2 aliphatic carbocycles. The van der Waals surface area contributed by atoms with Gasteiger partial charge in [-0.15, -0.1) is 46.2 Å². The fourth-order valence-corrected chi connectivity index (χ4v) is 4.13. The van der Waals surface area contributed by atoms with Gasteiger partial charge >= 0.3 is 55.9 Å². The molecule has 0 atom stereocenters. The average molecular weight is 459 g/mol. The van der Waals surface area contributed by atoms with Crippen molar-refractivity contribution in [2.75, 3.05) is 0 Å². The number of allylic oxidation sites excluding steroid dienone is 4. The van der Waals surface area contributed by atoms with Crippen LogP contribution in [0.25, 0.3) is 21.5 Å². The molecule has 0 radical (unpaired) electrons. The van der Waals surface area contributed by atoms with Gasteiger partial charge in [0.15, 0.2) is 0 Å². The Kier molecular flexibility index (Phi) is 11.9. The van der Waals surface area contributed by atoms with E-state index in [4.69, 9.17) is 0 Å². The Labute approximate surface area is 199 Å². The first kappa shape index (κ1) is 26.0. The molecule has 1 saturated carbocycles. The summed E-state index contributed by atoms with van der Waals surface area (Å²) < 4.78 is 1.71. The van der Waals surface area contributed by atoms with Crippen molar-refractivity contribution >= 4 is 25.4 Å². The number of aryl methyl sites for hydroxylation is 2. The van der Waals surface area contributed by atoms with Gasteiger partial charge in [0.05, 0.1) is 0 Å². The van der Waals surface area contributed by atoms with Gasteiger partial charge in [-0.25, -0.2) is 12.2 Å². The Balaban J connectivity index is 0.000000252. The summed E-state index contributed by atoms with van der Waals surface area (Å²) in [5, 5.41) is 5.46. The Morgan fingerprint density at radius 1 is 0.828 bits per heavy atom. The van der Waals surface area contributed by atoms with Crippen molar-refractivity contribution in [2.24, 2.45) is 0 Å². The fourth-order valence-electron chi connectivity index (χ4n) is 3.58. The van der Waals surface area contributed by atoms with Crippen molar-refractivity contribution in [1.29, 1.82) is 0 Å². The molecule has 0 heterocycles. The molecule has 152 valence electrons. The van der Waals surface area contributed by atoms with Crippen molar-refractivity contribution in [3.63, 3.8) is 0 Å². The second-order valence-corrected chi connectivity index (χ2v) is 8.60. The van der Waals surface area contributed by atoms with Gasteiger partial charge in [0.25, 0.3) is 0 Å². The van der Waals surface area contributed by atoms with Gasteiger partial charge in [0.2, 0.25) is 0 Å². The zero-order valence-electron chi connectivity index (χ0n) is 17.3. The Bertz CT molecular complexity index is 905. The van der Waals surface area contributed by atoms with E-state index in [-0.39, 0.29) is 24.8 Å². The Morgan fingerprint density at radius 2 is 1.38 bits per heavy atom. The molecular weight excluding hydrogens is 431 g/mol. The van der Waals surface area contributed by atoms with Crippen LogP contribution in [0.1, 0.15) is 49.7 Å². The van der Waals surface area contributed by atoms with E-state index in [1.165, 1.54) is 64.8 Å². The predicted molar refractivity (Wildman–Crippen MR) is 116 cm³/mol. The van der Waals surface area contributed by atoms with Gasteiger partial charge in [0.1, 0.15) is 0 Å². The average Bonchev–Trinajstić information content (AvgIpc) is 3.33. The third-order valence-corrected chi connectivity index (χ3v) is 5.84. The maximum absolute atomic E-state index is 2.99. The molecule has 0 N–H and O–H groups in total. The summed E-state index contributed by atoms with van der Waals surface area (Å²) in [5.41, 5.74) is 2.66. The number of hydrogen-bond donors (Lipinski definition) is 0. The number of benzene rings is 2. The topological polar surface area (TPSA) is 0 Å². The molecule has 0 nitrogen and oxygen atoms in total. The summed E-state index contributed by atoms with van der Waals surface area (Å²) in [6, 6.07) is 15.6. The first-order valence-corrected chi connectivity index (χ1v) is 10.8. The number of fused-ring (bicyclic) bond motifs is 3. The van der Waals surface area contributed by atoms with Crippen molar-refractivity contribution in [1.82, 2.24) is 0 Å². The van der Waals surface area contributed by atoms with Crippen LogP contribution in [0.15, 0.2) is 60.7 Å². The number of hydrogen-bond acceptors (Lipinski definition) is 0. The molecule has 1 fully saturated rings. The van der Waals surface area contributed by atoms with Crippen LogP contribution in [0.3, 0.4) is 0 Å². The molecule has 3 aromatic rings. The van der Waals surface area contributed by atoms with E-state index >= 15 is 0 Å². The summed E-state index contributed by atoms with van der Waals surface area (Å²) in [6.45, 7) is 4.28. The quantitative estimate of drug-likeness (QED) is 0.352. The van der Waals surface area contributed by atoms with Crippen LogP contribution in [0.5, 0.6) is 0 Å². The monoisotopic (exact) mass is 458 g/mol. The van der Waals surface area contributed by atoms with Crippen LogP contribution < -0.4 is 24.8 Å². The van der Waals surface area contributed by atoms with Crippen LogP contribution in [0.4, 0.5) is 0 Å². The molecule has 3 aromatic carbocycles. The molecule has 3 heteroatoms. The SMILES string of the molecule is Cc1ccc2c(c1)[cH-]c1cc(C)ccc12.[C-]1=CC=CC1.[Cl-].[Cl-].[Ti+2]=[C]1CCCCC1. The fraction of sp³-hybridized carbons (Fsp3) is 0.308. The van der Waals surface area contributed by atoms with Gasteiger partial charge in [-0.3, -0.25) is 6.08 Å². The molecule has 0 spiro atoms. The van der Waals surface area contributed by atoms with E-state index < -0.39 is 0 Å². The molecule has 0 aliphatic heterocycles. The van der Waals surface area contributed by atoms with Crippen LogP contribution in [0, 0.1) is 19.9 Å². The van der Waals surface area contributed by atoms with Crippen molar-refractivity contribution in [3.05, 3.63) is 77.9 Å². The van der Waals surface area contributed by atoms with Crippen molar-refractivity contribution < 1.29 is 44.8 Å². The van der Waals surface area contributed by atoms with Crippen LogP contribution in [-0.4, -0.2) is 3.81 Å². The second kappa shape index (κ2) is 13.3. The van der Waals surface area contributed by atoms with Gasteiger partial charge in [-0.05, 0) is 13.8 Å². The van der Waals surface area contributed by atoms with E-state index in [0.29, 0.717) is 0 Å². The molecule has 0 unspecified atom stereocenters. The molecule has 0 bridgehead atoms. The maximum atomic E-state index is 2.99. The molecule has 0 aromatic heterocycles. The minimum atomic E-state index is 0. The normalized spacial score (nSPS) is 14.4. The first-order chi connectivity index (χ1) is 13.1. The summed E-state index contributed by atoms with van der Waals surface area (Å²) in [6.07, 6.45) is 17.2. The molecule has 5 rings (SSSR count). The van der Waals surface area contributed by atoms with E-state index in [1.54, 1.807) is 3.81 Å². The third kappa shape index (κ3) is 7.95. The summed E-state index contributed by atoms with van der Waals surface area (Å²) in [5.74, 6) is 0.